The van der Waals surface area contributed by atoms with Crippen molar-refractivity contribution in [3.63, 3.8) is 0 Å². The maximum atomic E-state index is 5.86. The molecule has 6 heteroatoms. The zero-order valence-corrected chi connectivity index (χ0v) is 12.4. The van der Waals surface area contributed by atoms with Gasteiger partial charge in [0.25, 0.3) is 0 Å². The zero-order chi connectivity index (χ0) is 13.9. The van der Waals surface area contributed by atoms with Crippen LogP contribution < -0.4 is 5.32 Å². The number of hydrogen-bond donors (Lipinski definition) is 2. The summed E-state index contributed by atoms with van der Waals surface area (Å²) >= 11 is 7.55. The Kier molecular flexibility index (Phi) is 3.71. The van der Waals surface area contributed by atoms with Gasteiger partial charge in [-0.15, -0.1) is 11.3 Å². The Hall–Kier alpha value is -1.85. The first-order chi connectivity index (χ1) is 9.74. The molecule has 0 aliphatic heterocycles. The smallest absolute Gasteiger partial charge is 0.129 e. The van der Waals surface area contributed by atoms with E-state index in [0.29, 0.717) is 11.7 Å². The summed E-state index contributed by atoms with van der Waals surface area (Å²) in [4.78, 5) is 5.41. The third-order valence-corrected chi connectivity index (χ3v) is 4.10. The number of H-pyrrole nitrogens is 1. The van der Waals surface area contributed by atoms with Gasteiger partial charge in [0.15, 0.2) is 0 Å². The maximum absolute atomic E-state index is 5.86. The van der Waals surface area contributed by atoms with Gasteiger partial charge in [-0.25, -0.2) is 4.98 Å². The monoisotopic (exact) mass is 304 g/mol. The molecule has 3 aromatic rings. The third kappa shape index (κ3) is 2.69. The molecule has 0 saturated heterocycles. The Labute approximate surface area is 125 Å². The number of pyridine rings is 1. The molecule has 0 spiro atoms. The first-order valence-corrected chi connectivity index (χ1v) is 7.43. The molecule has 0 aliphatic rings. The number of thiophene rings is 1. The lowest BCUT2D eigenvalue weighted by Gasteiger charge is -2.09. The fraction of sp³-hybridized carbons (Fsp3) is 0.143. The Morgan fingerprint density at radius 3 is 3.00 bits per heavy atom. The normalized spacial score (nSPS) is 10.7. The van der Waals surface area contributed by atoms with Gasteiger partial charge in [-0.3, -0.25) is 5.10 Å². The fourth-order valence-electron chi connectivity index (χ4n) is 1.99. The van der Waals surface area contributed by atoms with Crippen molar-refractivity contribution in [2.24, 2.45) is 0 Å². The third-order valence-electron chi connectivity index (χ3n) is 3.01. The lowest BCUT2D eigenvalue weighted by atomic mass is 10.2. The van der Waals surface area contributed by atoms with Crippen LogP contribution in [0.1, 0.15) is 11.3 Å². The zero-order valence-electron chi connectivity index (χ0n) is 10.9. The van der Waals surface area contributed by atoms with Gasteiger partial charge in [0.2, 0.25) is 0 Å². The van der Waals surface area contributed by atoms with E-state index in [-0.39, 0.29) is 0 Å². The van der Waals surface area contributed by atoms with Crippen LogP contribution in [0.15, 0.2) is 35.8 Å². The number of halogens is 1. The van der Waals surface area contributed by atoms with Gasteiger partial charge in [-0.05, 0) is 30.5 Å². The maximum Gasteiger partial charge on any atom is 0.129 e. The Morgan fingerprint density at radius 1 is 1.35 bits per heavy atom. The molecular weight excluding hydrogens is 292 g/mol. The summed E-state index contributed by atoms with van der Waals surface area (Å²) in [6.45, 7) is 2.62. The predicted octanol–water partition coefficient (Wildman–Crippen LogP) is 4.11. The molecule has 3 heterocycles. The van der Waals surface area contributed by atoms with E-state index in [9.17, 15) is 0 Å². The van der Waals surface area contributed by atoms with E-state index in [1.54, 1.807) is 17.4 Å². The number of hydrogen-bond acceptors (Lipinski definition) is 4. The lowest BCUT2D eigenvalue weighted by Crippen LogP contribution is -2.02. The van der Waals surface area contributed by atoms with Gasteiger partial charge in [-0.1, -0.05) is 17.7 Å². The number of rotatable bonds is 4. The van der Waals surface area contributed by atoms with Crippen molar-refractivity contribution in [3.8, 4) is 10.6 Å². The number of nitrogens with zero attached hydrogens (tertiary/aromatic N) is 2. The number of aromatic nitrogens is 3. The summed E-state index contributed by atoms with van der Waals surface area (Å²) < 4.78 is 0. The molecule has 0 aliphatic carbocycles. The molecule has 0 fully saturated rings. The van der Waals surface area contributed by atoms with E-state index in [1.807, 2.05) is 25.3 Å². The minimum absolute atomic E-state index is 0.510. The van der Waals surface area contributed by atoms with Gasteiger partial charge < -0.3 is 5.32 Å². The second-order valence-corrected chi connectivity index (χ2v) is 5.70. The summed E-state index contributed by atoms with van der Waals surface area (Å²) in [6, 6.07) is 7.84. The van der Waals surface area contributed by atoms with E-state index >= 15 is 0 Å². The molecule has 4 nitrogen and oxygen atoms in total. The Balaban J connectivity index is 1.78. The summed E-state index contributed by atoms with van der Waals surface area (Å²) in [6.07, 6.45) is 1.85. The average Bonchev–Trinajstić information content (AvgIpc) is 3.08. The fourth-order valence-corrected chi connectivity index (χ4v) is 2.93. The van der Waals surface area contributed by atoms with Crippen molar-refractivity contribution >= 4 is 28.6 Å². The lowest BCUT2D eigenvalue weighted by molar-refractivity contribution is 1.10. The van der Waals surface area contributed by atoms with Crippen molar-refractivity contribution in [2.75, 3.05) is 5.32 Å². The van der Waals surface area contributed by atoms with E-state index in [0.717, 1.165) is 22.6 Å². The van der Waals surface area contributed by atoms with Crippen molar-refractivity contribution in [1.29, 1.82) is 0 Å². The average molecular weight is 305 g/mol. The standard InChI is InChI=1S/C14H13ClN4S/c1-9-11(4-5-13(15)18-9)16-7-10-8-17-19-14(10)12-3-2-6-20-12/h2-6,8,16H,7H2,1H3,(H,17,19). The highest BCUT2D eigenvalue weighted by Gasteiger charge is 2.09. The van der Waals surface area contributed by atoms with E-state index < -0.39 is 0 Å². The number of aryl methyl sites for hydroxylation is 1. The minimum Gasteiger partial charge on any atom is -0.379 e. The van der Waals surface area contributed by atoms with Gasteiger partial charge in [0, 0.05) is 12.1 Å². The SMILES string of the molecule is Cc1nc(Cl)ccc1NCc1cn[nH]c1-c1cccs1. The molecule has 0 bridgehead atoms. The molecule has 0 amide bonds. The quantitative estimate of drug-likeness (QED) is 0.713. The summed E-state index contributed by atoms with van der Waals surface area (Å²) in [5.74, 6) is 0. The molecule has 0 saturated carbocycles. The molecule has 0 aromatic carbocycles. The van der Waals surface area contributed by atoms with Crippen LogP contribution in [-0.4, -0.2) is 15.2 Å². The largest absolute Gasteiger partial charge is 0.379 e. The molecule has 0 radical (unpaired) electrons. The van der Waals surface area contributed by atoms with Crippen molar-refractivity contribution in [2.45, 2.75) is 13.5 Å². The number of nitrogens with one attached hydrogen (secondary N) is 2. The second kappa shape index (κ2) is 5.64. The van der Waals surface area contributed by atoms with Gasteiger partial charge in [0.1, 0.15) is 5.15 Å². The Morgan fingerprint density at radius 2 is 2.25 bits per heavy atom. The molecule has 0 atom stereocenters. The van der Waals surface area contributed by atoms with E-state index in [2.05, 4.69) is 31.9 Å². The van der Waals surface area contributed by atoms with Crippen LogP contribution in [0.3, 0.4) is 0 Å². The molecule has 2 N–H and O–H groups in total. The topological polar surface area (TPSA) is 53.6 Å². The highest BCUT2D eigenvalue weighted by Crippen LogP contribution is 2.26. The predicted molar refractivity (Wildman–Crippen MR) is 83.2 cm³/mol. The second-order valence-electron chi connectivity index (χ2n) is 4.37. The van der Waals surface area contributed by atoms with Crippen molar-refractivity contribution in [3.05, 3.63) is 52.3 Å². The summed E-state index contributed by atoms with van der Waals surface area (Å²) in [5.41, 5.74) is 4.06. The highest BCUT2D eigenvalue weighted by atomic mass is 35.5. The minimum atomic E-state index is 0.510. The van der Waals surface area contributed by atoms with Crippen LogP contribution in [-0.2, 0) is 6.54 Å². The molecule has 102 valence electrons. The van der Waals surface area contributed by atoms with Crippen LogP contribution in [0.4, 0.5) is 5.69 Å². The van der Waals surface area contributed by atoms with Gasteiger partial charge in [-0.2, -0.15) is 5.10 Å². The number of anilines is 1. The molecule has 0 unspecified atom stereocenters. The van der Waals surface area contributed by atoms with Crippen LogP contribution in [0.25, 0.3) is 10.6 Å². The van der Waals surface area contributed by atoms with Crippen LogP contribution >= 0.6 is 22.9 Å². The van der Waals surface area contributed by atoms with E-state index in [1.165, 1.54) is 4.88 Å². The molecule has 20 heavy (non-hydrogen) atoms. The van der Waals surface area contributed by atoms with Crippen molar-refractivity contribution < 1.29 is 0 Å². The molecule has 3 aromatic heterocycles. The van der Waals surface area contributed by atoms with E-state index in [4.69, 9.17) is 11.6 Å². The summed E-state index contributed by atoms with van der Waals surface area (Å²) in [7, 11) is 0. The summed E-state index contributed by atoms with van der Waals surface area (Å²) in [5, 5.41) is 13.1. The highest BCUT2D eigenvalue weighted by molar-refractivity contribution is 7.13. The van der Waals surface area contributed by atoms with Crippen LogP contribution in [0, 0.1) is 6.92 Å². The molecular formula is C14H13ClN4S. The first-order valence-electron chi connectivity index (χ1n) is 6.17. The van der Waals surface area contributed by atoms with Crippen LogP contribution in [0.5, 0.6) is 0 Å². The van der Waals surface area contributed by atoms with Crippen molar-refractivity contribution in [1.82, 2.24) is 15.2 Å². The Bertz CT molecular complexity index is 706. The van der Waals surface area contributed by atoms with Gasteiger partial charge in [0.05, 0.1) is 28.1 Å². The first kappa shape index (κ1) is 13.1. The molecule has 3 rings (SSSR count). The van der Waals surface area contributed by atoms with Crippen LogP contribution in [0.2, 0.25) is 5.15 Å². The number of aromatic amines is 1. The van der Waals surface area contributed by atoms with Gasteiger partial charge >= 0.3 is 0 Å².